The van der Waals surface area contributed by atoms with Gasteiger partial charge in [0.2, 0.25) is 5.85 Å². The molecule has 0 atom stereocenters. The molecule has 0 fully saturated rings. The van der Waals surface area contributed by atoms with Crippen molar-refractivity contribution < 1.29 is 9.84 Å². The van der Waals surface area contributed by atoms with Gasteiger partial charge in [0, 0.05) is 19.5 Å². The summed E-state index contributed by atoms with van der Waals surface area (Å²) in [6.07, 6.45) is 1.67. The van der Waals surface area contributed by atoms with Crippen molar-refractivity contribution >= 4 is 5.69 Å². The van der Waals surface area contributed by atoms with E-state index in [1.807, 2.05) is 20.2 Å². The van der Waals surface area contributed by atoms with Crippen LogP contribution in [0, 0.1) is 0 Å². The molecule has 4 N–H and O–H groups in total. The number of rotatable bonds is 3. The summed E-state index contributed by atoms with van der Waals surface area (Å²) in [4.78, 5) is 0. The molecule has 0 radical (unpaired) electrons. The van der Waals surface area contributed by atoms with Crippen LogP contribution in [0.4, 0.5) is 5.69 Å². The Hall–Kier alpha value is -1.46. The fourth-order valence-corrected chi connectivity index (χ4v) is 2.13. The third-order valence-electron chi connectivity index (χ3n) is 3.29. The van der Waals surface area contributed by atoms with Crippen molar-refractivity contribution in [2.45, 2.75) is 18.7 Å². The van der Waals surface area contributed by atoms with Gasteiger partial charge in [-0.25, -0.2) is 0 Å². The monoisotopic (exact) mass is 237 g/mol. The summed E-state index contributed by atoms with van der Waals surface area (Å²) in [6, 6.07) is 3.59. The van der Waals surface area contributed by atoms with Gasteiger partial charge in [-0.1, -0.05) is 0 Å². The fourth-order valence-electron chi connectivity index (χ4n) is 2.13. The quantitative estimate of drug-likeness (QED) is 0.464. The van der Waals surface area contributed by atoms with E-state index in [2.05, 4.69) is 16.0 Å². The van der Waals surface area contributed by atoms with Gasteiger partial charge >= 0.3 is 0 Å². The van der Waals surface area contributed by atoms with Gasteiger partial charge in [-0.2, -0.15) is 0 Å². The second-order valence-electron chi connectivity index (χ2n) is 4.16. The van der Waals surface area contributed by atoms with Gasteiger partial charge in [-0.3, -0.25) is 10.6 Å². The van der Waals surface area contributed by atoms with E-state index >= 15 is 0 Å². The molecule has 1 aromatic carbocycles. The topological polar surface area (TPSA) is 65.5 Å². The highest BCUT2D eigenvalue weighted by atomic mass is 16.5. The molecule has 0 bridgehead atoms. The summed E-state index contributed by atoms with van der Waals surface area (Å²) in [7, 11) is 5.50. The van der Waals surface area contributed by atoms with E-state index in [0.717, 1.165) is 24.2 Å². The van der Waals surface area contributed by atoms with Crippen molar-refractivity contribution in [3.05, 3.63) is 17.7 Å². The molecule has 1 heterocycles. The lowest BCUT2D eigenvalue weighted by atomic mass is 10.0. The van der Waals surface area contributed by atoms with Crippen molar-refractivity contribution in [2.24, 2.45) is 0 Å². The standard InChI is InChI=1S/C12H19N3O2/c1-13-9-7-11-8(6-10(9)16)4-5-12(14-2,15-3)17-11/h6-7,13-16H,4-5H2,1-3H3. The van der Waals surface area contributed by atoms with Crippen LogP contribution >= 0.6 is 0 Å². The Kier molecular flexibility index (Phi) is 3.13. The first kappa shape index (κ1) is 12.0. The predicted molar refractivity (Wildman–Crippen MR) is 67.5 cm³/mol. The maximum atomic E-state index is 9.76. The van der Waals surface area contributed by atoms with Crippen LogP contribution in [0.25, 0.3) is 0 Å². The van der Waals surface area contributed by atoms with E-state index in [-0.39, 0.29) is 5.75 Å². The van der Waals surface area contributed by atoms with Crippen molar-refractivity contribution in [2.75, 3.05) is 26.5 Å². The highest BCUT2D eigenvalue weighted by Gasteiger charge is 2.33. The predicted octanol–water partition coefficient (Wildman–Crippen LogP) is 0.851. The molecule has 0 saturated heterocycles. The van der Waals surface area contributed by atoms with Gasteiger partial charge in [-0.05, 0) is 32.1 Å². The molecule has 0 amide bonds. The Morgan fingerprint density at radius 3 is 2.53 bits per heavy atom. The molecule has 2 rings (SSSR count). The van der Waals surface area contributed by atoms with Crippen LogP contribution < -0.4 is 20.7 Å². The summed E-state index contributed by atoms with van der Waals surface area (Å²) in [5.41, 5.74) is 1.70. The zero-order valence-corrected chi connectivity index (χ0v) is 10.4. The lowest BCUT2D eigenvalue weighted by Gasteiger charge is -2.38. The maximum Gasteiger partial charge on any atom is 0.217 e. The van der Waals surface area contributed by atoms with Gasteiger partial charge in [0.05, 0.1) is 5.69 Å². The number of nitrogens with one attached hydrogen (secondary N) is 3. The molecule has 5 heteroatoms. The molecule has 17 heavy (non-hydrogen) atoms. The number of benzene rings is 1. The van der Waals surface area contributed by atoms with Crippen LogP contribution in [0.15, 0.2) is 12.1 Å². The maximum absolute atomic E-state index is 9.76. The minimum atomic E-state index is -0.519. The Bertz CT molecular complexity index is 416. The molecule has 0 unspecified atom stereocenters. The molecule has 1 aromatic rings. The highest BCUT2D eigenvalue weighted by Crippen LogP contribution is 2.37. The van der Waals surface area contributed by atoms with Crippen LogP contribution in [0.3, 0.4) is 0 Å². The van der Waals surface area contributed by atoms with E-state index in [1.165, 1.54) is 0 Å². The van der Waals surface area contributed by atoms with Crippen LogP contribution in [-0.4, -0.2) is 32.1 Å². The van der Waals surface area contributed by atoms with Gasteiger partial charge in [0.1, 0.15) is 11.5 Å². The number of hydrogen-bond donors (Lipinski definition) is 4. The molecule has 0 aliphatic carbocycles. The summed E-state index contributed by atoms with van der Waals surface area (Å²) in [6.45, 7) is 0. The first-order valence-electron chi connectivity index (χ1n) is 5.74. The number of aryl methyl sites for hydroxylation is 1. The third kappa shape index (κ3) is 2.03. The van der Waals surface area contributed by atoms with Gasteiger partial charge in [-0.15, -0.1) is 0 Å². The second-order valence-corrected chi connectivity index (χ2v) is 4.16. The first-order chi connectivity index (χ1) is 8.14. The van der Waals surface area contributed by atoms with Gasteiger partial charge in [0.25, 0.3) is 0 Å². The smallest absolute Gasteiger partial charge is 0.217 e. The number of phenolic OH excluding ortho intramolecular Hbond substituents is 1. The molecular formula is C12H19N3O2. The Labute approximate surface area is 101 Å². The van der Waals surface area contributed by atoms with Crippen LogP contribution in [0.5, 0.6) is 11.5 Å². The third-order valence-corrected chi connectivity index (χ3v) is 3.29. The van der Waals surface area contributed by atoms with Crippen molar-refractivity contribution in [3.63, 3.8) is 0 Å². The minimum Gasteiger partial charge on any atom is -0.506 e. The van der Waals surface area contributed by atoms with Crippen molar-refractivity contribution in [1.82, 2.24) is 10.6 Å². The van der Waals surface area contributed by atoms with Crippen molar-refractivity contribution in [3.8, 4) is 11.5 Å². The Morgan fingerprint density at radius 1 is 1.24 bits per heavy atom. The van der Waals surface area contributed by atoms with Crippen molar-refractivity contribution in [1.29, 1.82) is 0 Å². The van der Waals surface area contributed by atoms with E-state index in [0.29, 0.717) is 5.69 Å². The molecule has 1 aliphatic rings. The Morgan fingerprint density at radius 2 is 1.94 bits per heavy atom. The average Bonchev–Trinajstić information content (AvgIpc) is 2.37. The normalized spacial score (nSPS) is 17.1. The molecule has 0 aromatic heterocycles. The van der Waals surface area contributed by atoms with E-state index in [9.17, 15) is 5.11 Å². The number of hydrogen-bond acceptors (Lipinski definition) is 5. The van der Waals surface area contributed by atoms with Gasteiger partial charge < -0.3 is 15.2 Å². The summed E-state index contributed by atoms with van der Waals surface area (Å²) in [5.74, 6) is 0.535. The molecule has 1 aliphatic heterocycles. The van der Waals surface area contributed by atoms with Crippen LogP contribution in [0.1, 0.15) is 12.0 Å². The zero-order valence-electron chi connectivity index (χ0n) is 10.4. The lowest BCUT2D eigenvalue weighted by molar-refractivity contribution is -0.00649. The fraction of sp³-hybridized carbons (Fsp3) is 0.500. The van der Waals surface area contributed by atoms with E-state index in [4.69, 9.17) is 4.74 Å². The highest BCUT2D eigenvalue weighted by molar-refractivity contribution is 5.61. The summed E-state index contributed by atoms with van der Waals surface area (Å²) >= 11 is 0. The van der Waals surface area contributed by atoms with E-state index < -0.39 is 5.85 Å². The minimum absolute atomic E-state index is 0.260. The molecule has 94 valence electrons. The van der Waals surface area contributed by atoms with E-state index in [1.54, 1.807) is 13.1 Å². The summed E-state index contributed by atoms with van der Waals surface area (Å²) < 4.78 is 5.94. The Balaban J connectivity index is 2.37. The average molecular weight is 237 g/mol. The molecule has 0 saturated carbocycles. The SMILES string of the molecule is CNc1cc2c(cc1O)CCC(NC)(NC)O2. The largest absolute Gasteiger partial charge is 0.506 e. The lowest BCUT2D eigenvalue weighted by Crippen LogP contribution is -2.60. The van der Waals surface area contributed by atoms with Crippen LogP contribution in [0.2, 0.25) is 0 Å². The molecular weight excluding hydrogens is 218 g/mol. The number of phenols is 1. The molecule has 5 nitrogen and oxygen atoms in total. The summed E-state index contributed by atoms with van der Waals surface area (Å²) in [5, 5.41) is 19.0. The second kappa shape index (κ2) is 4.43. The number of ether oxygens (including phenoxy) is 1. The molecule has 0 spiro atoms. The number of anilines is 1. The number of fused-ring (bicyclic) bond motifs is 1. The number of aromatic hydroxyl groups is 1. The zero-order chi connectivity index (χ0) is 12.5. The van der Waals surface area contributed by atoms with Crippen LogP contribution in [-0.2, 0) is 6.42 Å². The first-order valence-corrected chi connectivity index (χ1v) is 5.74. The van der Waals surface area contributed by atoms with Gasteiger partial charge in [0.15, 0.2) is 0 Å².